The van der Waals surface area contributed by atoms with E-state index in [9.17, 15) is 0 Å². The van der Waals surface area contributed by atoms with E-state index in [-0.39, 0.29) is 0 Å². The molecule has 1 fully saturated rings. The molecule has 106 valence electrons. The van der Waals surface area contributed by atoms with Gasteiger partial charge in [-0.25, -0.2) is 5.84 Å². The fourth-order valence-electron chi connectivity index (χ4n) is 1.89. The second kappa shape index (κ2) is 6.76. The Morgan fingerprint density at radius 2 is 1.95 bits per heavy atom. The maximum atomic E-state index is 5.42. The topological polar surface area (TPSA) is 92.0 Å². The van der Waals surface area contributed by atoms with Crippen LogP contribution in [0.3, 0.4) is 0 Å². The minimum absolute atomic E-state index is 0.399. The van der Waals surface area contributed by atoms with Gasteiger partial charge in [-0.05, 0) is 19.1 Å². The molecule has 2 rings (SSSR count). The lowest BCUT2D eigenvalue weighted by Gasteiger charge is -2.17. The maximum Gasteiger partial charge on any atom is 0.243 e. The van der Waals surface area contributed by atoms with Gasteiger partial charge in [0.05, 0.1) is 0 Å². The fraction of sp³-hybridized carbons (Fsp3) is 0.727. The van der Waals surface area contributed by atoms with Crippen LogP contribution in [0.1, 0.15) is 19.8 Å². The number of nitrogens with one attached hydrogen (secondary N) is 2. The molecule has 0 aromatic carbocycles. The lowest BCUT2D eigenvalue weighted by molar-refractivity contribution is 0.872. The molecule has 0 aliphatic carbocycles. The van der Waals surface area contributed by atoms with Crippen LogP contribution in [-0.4, -0.2) is 46.1 Å². The van der Waals surface area contributed by atoms with Crippen LogP contribution in [-0.2, 0) is 0 Å². The van der Waals surface area contributed by atoms with E-state index in [1.165, 1.54) is 12.8 Å². The van der Waals surface area contributed by atoms with Crippen molar-refractivity contribution in [3.63, 3.8) is 0 Å². The number of anilines is 3. The second-order valence-electron chi connectivity index (χ2n) is 4.55. The van der Waals surface area contributed by atoms with Gasteiger partial charge in [-0.2, -0.15) is 26.7 Å². The minimum atomic E-state index is 0.399. The Kier molecular flexibility index (Phi) is 5.03. The molecule has 1 unspecified atom stereocenters. The summed E-state index contributed by atoms with van der Waals surface area (Å²) < 4.78 is 0. The SMILES string of the molecule is CSC(C)CNc1nc(NN)nc(N2CCCC2)n1. The summed E-state index contributed by atoms with van der Waals surface area (Å²) in [5, 5.41) is 3.73. The van der Waals surface area contributed by atoms with E-state index in [1.54, 1.807) is 11.8 Å². The molecule has 7 nitrogen and oxygen atoms in total. The van der Waals surface area contributed by atoms with E-state index in [2.05, 4.69) is 43.8 Å². The van der Waals surface area contributed by atoms with Crippen LogP contribution in [0.5, 0.6) is 0 Å². The Labute approximate surface area is 117 Å². The summed E-state index contributed by atoms with van der Waals surface area (Å²) >= 11 is 1.80. The number of hydrogen-bond acceptors (Lipinski definition) is 8. The van der Waals surface area contributed by atoms with Crippen molar-refractivity contribution >= 4 is 29.6 Å². The number of hydrazine groups is 1. The van der Waals surface area contributed by atoms with Gasteiger partial charge in [0.1, 0.15) is 0 Å². The highest BCUT2D eigenvalue weighted by molar-refractivity contribution is 7.99. The van der Waals surface area contributed by atoms with Crippen LogP contribution in [0.2, 0.25) is 0 Å². The van der Waals surface area contributed by atoms with E-state index < -0.39 is 0 Å². The first-order chi connectivity index (χ1) is 9.22. The van der Waals surface area contributed by atoms with Crippen molar-refractivity contribution in [1.29, 1.82) is 0 Å². The molecule has 0 amide bonds. The molecule has 1 aromatic heterocycles. The summed E-state index contributed by atoms with van der Waals surface area (Å²) in [6.07, 6.45) is 4.45. The van der Waals surface area contributed by atoms with Gasteiger partial charge in [-0.15, -0.1) is 0 Å². The van der Waals surface area contributed by atoms with Crippen molar-refractivity contribution in [3.05, 3.63) is 0 Å². The summed E-state index contributed by atoms with van der Waals surface area (Å²) in [5.74, 6) is 7.08. The molecule has 1 aromatic rings. The first kappa shape index (κ1) is 14.1. The molecule has 0 spiro atoms. The zero-order valence-corrected chi connectivity index (χ0v) is 12.2. The third kappa shape index (κ3) is 3.84. The van der Waals surface area contributed by atoms with Crippen LogP contribution in [0, 0.1) is 0 Å². The summed E-state index contributed by atoms with van der Waals surface area (Å²) in [4.78, 5) is 15.1. The van der Waals surface area contributed by atoms with Crippen molar-refractivity contribution < 1.29 is 0 Å². The van der Waals surface area contributed by atoms with Gasteiger partial charge < -0.3 is 10.2 Å². The lowest BCUT2D eigenvalue weighted by atomic mass is 10.4. The second-order valence-corrected chi connectivity index (χ2v) is 5.82. The largest absolute Gasteiger partial charge is 0.353 e. The van der Waals surface area contributed by atoms with Crippen LogP contribution in [0.4, 0.5) is 17.8 Å². The van der Waals surface area contributed by atoms with Crippen molar-refractivity contribution in [1.82, 2.24) is 15.0 Å². The summed E-state index contributed by atoms with van der Waals surface area (Å²) in [6, 6.07) is 0. The number of nitrogens with two attached hydrogens (primary N) is 1. The van der Waals surface area contributed by atoms with Gasteiger partial charge in [0.2, 0.25) is 17.8 Å². The molecule has 2 heterocycles. The molecular formula is C11H21N7S. The Hall–Kier alpha value is -1.28. The van der Waals surface area contributed by atoms with Crippen LogP contribution < -0.4 is 21.5 Å². The highest BCUT2D eigenvalue weighted by Crippen LogP contribution is 2.18. The number of nitrogen functional groups attached to an aromatic ring is 1. The smallest absolute Gasteiger partial charge is 0.243 e. The number of hydrogen-bond donors (Lipinski definition) is 3. The molecule has 19 heavy (non-hydrogen) atoms. The highest BCUT2D eigenvalue weighted by atomic mass is 32.2. The molecule has 1 aliphatic heterocycles. The van der Waals surface area contributed by atoms with Gasteiger partial charge in [0.15, 0.2) is 0 Å². The normalized spacial score (nSPS) is 16.5. The third-order valence-electron chi connectivity index (χ3n) is 3.09. The lowest BCUT2D eigenvalue weighted by Crippen LogP contribution is -2.24. The van der Waals surface area contributed by atoms with Gasteiger partial charge in [0.25, 0.3) is 0 Å². The third-order valence-corrected chi connectivity index (χ3v) is 4.06. The number of aromatic nitrogens is 3. The molecule has 4 N–H and O–H groups in total. The summed E-state index contributed by atoms with van der Waals surface area (Å²) in [5.41, 5.74) is 2.50. The van der Waals surface area contributed by atoms with Gasteiger partial charge in [-0.3, -0.25) is 5.43 Å². The molecule has 0 radical (unpaired) electrons. The molecule has 8 heteroatoms. The van der Waals surface area contributed by atoms with E-state index >= 15 is 0 Å². The van der Waals surface area contributed by atoms with E-state index in [0.717, 1.165) is 19.6 Å². The zero-order valence-electron chi connectivity index (χ0n) is 11.4. The Morgan fingerprint density at radius 1 is 1.26 bits per heavy atom. The fourth-order valence-corrected chi connectivity index (χ4v) is 2.14. The average molecular weight is 283 g/mol. The van der Waals surface area contributed by atoms with Gasteiger partial charge in [-0.1, -0.05) is 6.92 Å². The van der Waals surface area contributed by atoms with Crippen molar-refractivity contribution in [2.75, 3.05) is 41.5 Å². The standard InChI is InChI=1S/C11H21N7S/c1-8(19-2)7-13-9-14-10(17-12)16-11(15-9)18-5-3-4-6-18/h8H,3-7,12H2,1-2H3,(H2,13,14,15,16,17). The quantitative estimate of drug-likeness (QED) is 0.524. The molecule has 1 atom stereocenters. The Balaban J connectivity index is 2.11. The highest BCUT2D eigenvalue weighted by Gasteiger charge is 2.17. The van der Waals surface area contributed by atoms with Crippen LogP contribution >= 0.6 is 11.8 Å². The predicted molar refractivity (Wildman–Crippen MR) is 80.6 cm³/mol. The Bertz CT molecular complexity index is 408. The number of rotatable bonds is 6. The van der Waals surface area contributed by atoms with Crippen molar-refractivity contribution in [2.24, 2.45) is 5.84 Å². The zero-order chi connectivity index (χ0) is 13.7. The van der Waals surface area contributed by atoms with E-state index in [4.69, 9.17) is 5.84 Å². The van der Waals surface area contributed by atoms with Gasteiger partial charge in [0, 0.05) is 24.9 Å². The molecule has 1 aliphatic rings. The first-order valence-electron chi connectivity index (χ1n) is 6.47. The Morgan fingerprint density at radius 3 is 2.58 bits per heavy atom. The molecule has 0 bridgehead atoms. The molecular weight excluding hydrogens is 262 g/mol. The molecule has 0 saturated carbocycles. The number of nitrogens with zero attached hydrogens (tertiary/aromatic N) is 4. The summed E-state index contributed by atoms with van der Waals surface area (Å²) in [6.45, 7) is 4.96. The van der Waals surface area contributed by atoms with Crippen LogP contribution in [0.15, 0.2) is 0 Å². The monoisotopic (exact) mass is 283 g/mol. The van der Waals surface area contributed by atoms with E-state index in [1.807, 2.05) is 0 Å². The maximum absolute atomic E-state index is 5.42. The molecule has 1 saturated heterocycles. The predicted octanol–water partition coefficient (Wildman–Crippen LogP) is 0.921. The van der Waals surface area contributed by atoms with Gasteiger partial charge >= 0.3 is 0 Å². The van der Waals surface area contributed by atoms with Crippen LogP contribution in [0.25, 0.3) is 0 Å². The number of thioether (sulfide) groups is 1. The van der Waals surface area contributed by atoms with Crippen molar-refractivity contribution in [2.45, 2.75) is 25.0 Å². The van der Waals surface area contributed by atoms with Crippen molar-refractivity contribution in [3.8, 4) is 0 Å². The summed E-state index contributed by atoms with van der Waals surface area (Å²) in [7, 11) is 0. The first-order valence-corrected chi connectivity index (χ1v) is 7.76. The minimum Gasteiger partial charge on any atom is -0.353 e. The van der Waals surface area contributed by atoms with E-state index in [0.29, 0.717) is 23.1 Å². The average Bonchev–Trinajstić information content (AvgIpc) is 2.98.